The highest BCUT2D eigenvalue weighted by Gasteiger charge is 1.72. The molecule has 7 heavy (non-hydrogen) atoms. The highest BCUT2D eigenvalue weighted by atomic mass is 32.1. The van der Waals surface area contributed by atoms with Crippen molar-refractivity contribution in [3.05, 3.63) is 12.2 Å². The van der Waals surface area contributed by atoms with Crippen LogP contribution in [0.15, 0.2) is 16.5 Å². The molecule has 40 valence electrons. The van der Waals surface area contributed by atoms with Gasteiger partial charge in [0.15, 0.2) is 0 Å². The van der Waals surface area contributed by atoms with E-state index in [2.05, 4.69) is 17.2 Å². The van der Waals surface area contributed by atoms with E-state index in [0.717, 1.165) is 5.71 Å². The summed E-state index contributed by atoms with van der Waals surface area (Å²) in [5, 5.41) is 0. The molecule has 0 aliphatic rings. The Labute approximate surface area is 49.7 Å². The molecule has 0 radical (unpaired) electrons. The zero-order valence-electron chi connectivity index (χ0n) is 4.55. The van der Waals surface area contributed by atoms with Crippen LogP contribution in [0.25, 0.3) is 0 Å². The smallest absolute Gasteiger partial charge is 0.0449 e. The van der Waals surface area contributed by atoms with Gasteiger partial charge in [-0.25, -0.2) is 4.40 Å². The van der Waals surface area contributed by atoms with Crippen LogP contribution in [-0.4, -0.2) is 5.71 Å². The van der Waals surface area contributed by atoms with Gasteiger partial charge in [-0.15, -0.1) is 0 Å². The third kappa shape index (κ3) is 3.59. The summed E-state index contributed by atoms with van der Waals surface area (Å²) in [5.74, 6) is 0. The predicted octanol–water partition coefficient (Wildman–Crippen LogP) is 1.87. The molecule has 0 saturated heterocycles. The van der Waals surface area contributed by atoms with Gasteiger partial charge in [0.25, 0.3) is 0 Å². The van der Waals surface area contributed by atoms with Crippen LogP contribution in [0.2, 0.25) is 0 Å². The molecule has 0 heterocycles. The van der Waals surface area contributed by atoms with E-state index in [1.807, 2.05) is 26.0 Å². The molecule has 0 atom stereocenters. The molecule has 0 aromatic heterocycles. The lowest BCUT2D eigenvalue weighted by molar-refractivity contribution is 1.71. The minimum atomic E-state index is 0.936. The van der Waals surface area contributed by atoms with E-state index >= 15 is 0 Å². The minimum absolute atomic E-state index is 0.936. The van der Waals surface area contributed by atoms with Gasteiger partial charge in [-0.2, -0.15) is 0 Å². The monoisotopic (exact) mass is 115 g/mol. The van der Waals surface area contributed by atoms with E-state index in [1.54, 1.807) is 0 Å². The molecule has 0 fully saturated rings. The van der Waals surface area contributed by atoms with Crippen LogP contribution in [0.1, 0.15) is 13.8 Å². The van der Waals surface area contributed by atoms with Crippen LogP contribution >= 0.6 is 12.8 Å². The van der Waals surface area contributed by atoms with Gasteiger partial charge in [-0.1, -0.05) is 6.08 Å². The molecule has 0 aliphatic heterocycles. The van der Waals surface area contributed by atoms with Crippen molar-refractivity contribution in [2.24, 2.45) is 4.40 Å². The topological polar surface area (TPSA) is 12.4 Å². The molecule has 0 saturated carbocycles. The van der Waals surface area contributed by atoms with E-state index in [1.165, 1.54) is 0 Å². The number of allylic oxidation sites excluding steroid dienone is 2. The Morgan fingerprint density at radius 2 is 2.29 bits per heavy atom. The second kappa shape index (κ2) is 3.93. The van der Waals surface area contributed by atoms with Gasteiger partial charge in [0.1, 0.15) is 0 Å². The van der Waals surface area contributed by atoms with Crippen molar-refractivity contribution in [3.8, 4) is 0 Å². The van der Waals surface area contributed by atoms with Crippen LogP contribution in [0.3, 0.4) is 0 Å². The first-order chi connectivity index (χ1) is 3.31. The summed E-state index contributed by atoms with van der Waals surface area (Å²) in [6, 6.07) is 0. The van der Waals surface area contributed by atoms with E-state index in [-0.39, 0.29) is 0 Å². The molecule has 1 nitrogen and oxygen atoms in total. The van der Waals surface area contributed by atoms with Gasteiger partial charge >= 0.3 is 0 Å². The molecule has 0 spiro atoms. The van der Waals surface area contributed by atoms with Crippen LogP contribution < -0.4 is 0 Å². The molecule has 0 aromatic carbocycles. The van der Waals surface area contributed by atoms with Gasteiger partial charge in [0, 0.05) is 5.71 Å². The summed E-state index contributed by atoms with van der Waals surface area (Å²) in [5.41, 5.74) is 0.936. The van der Waals surface area contributed by atoms with Crippen LogP contribution in [0.5, 0.6) is 0 Å². The molecule has 0 unspecified atom stereocenters. The molecule has 2 heteroatoms. The number of rotatable bonds is 1. The first-order valence-electron chi connectivity index (χ1n) is 2.12. The number of hydrogen-bond acceptors (Lipinski definition) is 2. The van der Waals surface area contributed by atoms with Crippen LogP contribution in [0, 0.1) is 0 Å². The highest BCUT2D eigenvalue weighted by molar-refractivity contribution is 7.79. The summed E-state index contributed by atoms with van der Waals surface area (Å²) in [4.78, 5) is 0. The van der Waals surface area contributed by atoms with Crippen molar-refractivity contribution in [1.29, 1.82) is 0 Å². The maximum atomic E-state index is 3.69. The summed E-state index contributed by atoms with van der Waals surface area (Å²) in [6.45, 7) is 3.84. The normalized spacial score (nSPS) is 13.3. The minimum Gasteiger partial charge on any atom is -0.225 e. The Kier molecular flexibility index (Phi) is 3.80. The standard InChI is InChI=1S/C5H9NS/c1-3-4-5(2)6-7/h3-4,7H,1-2H3/b4-3-,6-5-. The Bertz CT molecular complexity index is 94.3. The van der Waals surface area contributed by atoms with Gasteiger partial charge in [0.05, 0.1) is 0 Å². The Balaban J connectivity index is 3.58. The molecule has 0 aromatic rings. The largest absolute Gasteiger partial charge is 0.225 e. The average Bonchev–Trinajstić information content (AvgIpc) is 1.68. The zero-order chi connectivity index (χ0) is 5.70. The SMILES string of the molecule is C/C=C\C(C)=N/S. The van der Waals surface area contributed by atoms with E-state index < -0.39 is 0 Å². The molecule has 0 amide bonds. The Morgan fingerprint density at radius 3 is 2.43 bits per heavy atom. The highest BCUT2D eigenvalue weighted by Crippen LogP contribution is 1.82. The molecule has 0 rings (SSSR count). The molecule has 0 N–H and O–H groups in total. The van der Waals surface area contributed by atoms with E-state index in [0.29, 0.717) is 0 Å². The summed E-state index contributed by atoms with van der Waals surface area (Å²) in [7, 11) is 0. The fourth-order valence-corrected chi connectivity index (χ4v) is 0.341. The fourth-order valence-electron chi connectivity index (χ4n) is 0.275. The third-order valence-electron chi connectivity index (χ3n) is 0.566. The maximum Gasteiger partial charge on any atom is 0.0449 e. The van der Waals surface area contributed by atoms with Crippen LogP contribution in [-0.2, 0) is 0 Å². The number of thiol groups is 1. The lowest BCUT2D eigenvalue weighted by atomic mass is 10.4. The summed E-state index contributed by atoms with van der Waals surface area (Å²) >= 11 is 3.69. The number of nitrogens with zero attached hydrogens (tertiary/aromatic N) is 1. The van der Waals surface area contributed by atoms with Crippen molar-refractivity contribution in [2.45, 2.75) is 13.8 Å². The molecular weight excluding hydrogens is 106 g/mol. The van der Waals surface area contributed by atoms with Crippen molar-refractivity contribution in [3.63, 3.8) is 0 Å². The maximum absolute atomic E-state index is 3.69. The first kappa shape index (κ1) is 6.76. The van der Waals surface area contributed by atoms with Gasteiger partial charge in [0.2, 0.25) is 0 Å². The predicted molar refractivity (Wildman–Crippen MR) is 36.9 cm³/mol. The zero-order valence-corrected chi connectivity index (χ0v) is 5.44. The number of hydrogen-bond donors (Lipinski definition) is 1. The lowest BCUT2D eigenvalue weighted by Gasteiger charge is -1.79. The van der Waals surface area contributed by atoms with E-state index in [9.17, 15) is 0 Å². The molecule has 0 bridgehead atoms. The second-order valence-electron chi connectivity index (χ2n) is 1.24. The van der Waals surface area contributed by atoms with Gasteiger partial charge < -0.3 is 0 Å². The Hall–Kier alpha value is -0.240. The van der Waals surface area contributed by atoms with Gasteiger partial charge in [-0.05, 0) is 32.7 Å². The van der Waals surface area contributed by atoms with Crippen molar-refractivity contribution < 1.29 is 0 Å². The van der Waals surface area contributed by atoms with Crippen molar-refractivity contribution >= 4 is 18.5 Å². The molecular formula is C5H9NS. The average molecular weight is 115 g/mol. The quantitative estimate of drug-likeness (QED) is 0.395. The third-order valence-corrected chi connectivity index (χ3v) is 0.881. The second-order valence-corrected chi connectivity index (χ2v) is 1.44. The molecule has 0 aliphatic carbocycles. The van der Waals surface area contributed by atoms with Crippen molar-refractivity contribution in [2.75, 3.05) is 0 Å². The van der Waals surface area contributed by atoms with Gasteiger partial charge in [-0.3, -0.25) is 0 Å². The van der Waals surface area contributed by atoms with Crippen molar-refractivity contribution in [1.82, 2.24) is 0 Å². The lowest BCUT2D eigenvalue weighted by Crippen LogP contribution is -1.77. The van der Waals surface area contributed by atoms with E-state index in [4.69, 9.17) is 0 Å². The van der Waals surface area contributed by atoms with Crippen LogP contribution in [0.4, 0.5) is 0 Å². The summed E-state index contributed by atoms with van der Waals surface area (Å²) in [6.07, 6.45) is 3.82. The Morgan fingerprint density at radius 1 is 1.71 bits per heavy atom. The summed E-state index contributed by atoms with van der Waals surface area (Å²) < 4.78 is 3.60. The fraction of sp³-hybridized carbons (Fsp3) is 0.400. The first-order valence-corrected chi connectivity index (χ1v) is 2.52.